The Morgan fingerprint density at radius 1 is 1.48 bits per heavy atom. The number of nitrogens with one attached hydrogen (secondary N) is 1. The molecule has 2 heterocycles. The SMILES string of the molecule is CCCCS(=O)(=O)N1CCC(CNc2nccc(C)n2)C1. The van der Waals surface area contributed by atoms with Crippen molar-refractivity contribution < 1.29 is 8.42 Å². The fourth-order valence-electron chi connectivity index (χ4n) is 2.44. The van der Waals surface area contributed by atoms with Crippen LogP contribution in [0, 0.1) is 12.8 Å². The molecule has 0 saturated carbocycles. The van der Waals surface area contributed by atoms with Crippen LogP contribution >= 0.6 is 0 Å². The van der Waals surface area contributed by atoms with E-state index in [1.807, 2.05) is 19.9 Å². The summed E-state index contributed by atoms with van der Waals surface area (Å²) in [6.45, 7) is 5.87. The number of unbranched alkanes of at least 4 members (excludes halogenated alkanes) is 1. The van der Waals surface area contributed by atoms with E-state index >= 15 is 0 Å². The fourth-order valence-corrected chi connectivity index (χ4v) is 4.18. The summed E-state index contributed by atoms with van der Waals surface area (Å²) in [5.41, 5.74) is 0.919. The molecule has 0 spiro atoms. The molecule has 1 saturated heterocycles. The molecule has 0 aliphatic carbocycles. The van der Waals surface area contributed by atoms with Crippen molar-refractivity contribution in [3.8, 4) is 0 Å². The van der Waals surface area contributed by atoms with Gasteiger partial charge in [0, 0.05) is 31.5 Å². The number of hydrogen-bond acceptors (Lipinski definition) is 5. The molecule has 6 nitrogen and oxygen atoms in total. The highest BCUT2D eigenvalue weighted by molar-refractivity contribution is 7.89. The molecule has 1 unspecified atom stereocenters. The topological polar surface area (TPSA) is 75.2 Å². The van der Waals surface area contributed by atoms with Gasteiger partial charge in [-0.05, 0) is 31.7 Å². The lowest BCUT2D eigenvalue weighted by Gasteiger charge is -2.16. The largest absolute Gasteiger partial charge is 0.354 e. The zero-order chi connectivity index (χ0) is 15.3. The Hall–Kier alpha value is -1.21. The monoisotopic (exact) mass is 312 g/mol. The quantitative estimate of drug-likeness (QED) is 0.828. The van der Waals surface area contributed by atoms with E-state index in [1.54, 1.807) is 10.5 Å². The van der Waals surface area contributed by atoms with Gasteiger partial charge in [-0.3, -0.25) is 0 Å². The van der Waals surface area contributed by atoms with Crippen LogP contribution in [0.25, 0.3) is 0 Å². The molecule has 1 aliphatic heterocycles. The van der Waals surface area contributed by atoms with Crippen LogP contribution in [0.1, 0.15) is 31.9 Å². The molecule has 1 fully saturated rings. The zero-order valence-electron chi connectivity index (χ0n) is 12.7. The Bertz CT molecular complexity index is 562. The van der Waals surface area contributed by atoms with E-state index in [4.69, 9.17) is 0 Å². The predicted octanol–water partition coefficient (Wildman–Crippen LogP) is 1.65. The first-order valence-electron chi connectivity index (χ1n) is 7.52. The van der Waals surface area contributed by atoms with Crippen molar-refractivity contribution in [1.82, 2.24) is 14.3 Å². The van der Waals surface area contributed by atoms with Gasteiger partial charge in [0.25, 0.3) is 0 Å². The Kier molecular flexibility index (Phi) is 5.52. The maximum absolute atomic E-state index is 12.1. The molecular formula is C14H24N4O2S. The highest BCUT2D eigenvalue weighted by Crippen LogP contribution is 2.20. The number of rotatable bonds is 7. The first kappa shape index (κ1) is 16.2. The Morgan fingerprint density at radius 3 is 3.00 bits per heavy atom. The summed E-state index contributed by atoms with van der Waals surface area (Å²) < 4.78 is 25.9. The summed E-state index contributed by atoms with van der Waals surface area (Å²) in [6, 6.07) is 1.85. The molecule has 7 heteroatoms. The van der Waals surface area contributed by atoms with Gasteiger partial charge in [0.1, 0.15) is 0 Å². The van der Waals surface area contributed by atoms with Crippen LogP contribution in [0.3, 0.4) is 0 Å². The van der Waals surface area contributed by atoms with E-state index < -0.39 is 10.0 Å². The van der Waals surface area contributed by atoms with Crippen LogP contribution in [0.4, 0.5) is 5.95 Å². The van der Waals surface area contributed by atoms with E-state index in [1.165, 1.54) is 0 Å². The Morgan fingerprint density at radius 2 is 2.29 bits per heavy atom. The Balaban J connectivity index is 1.83. The molecule has 0 aromatic carbocycles. The molecule has 1 aliphatic rings. The van der Waals surface area contributed by atoms with E-state index in [0.717, 1.165) is 25.0 Å². The highest BCUT2D eigenvalue weighted by Gasteiger charge is 2.30. The van der Waals surface area contributed by atoms with E-state index in [0.29, 0.717) is 31.5 Å². The van der Waals surface area contributed by atoms with Crippen molar-refractivity contribution >= 4 is 16.0 Å². The van der Waals surface area contributed by atoms with Crippen LogP contribution in [-0.4, -0.2) is 48.1 Å². The second-order valence-electron chi connectivity index (χ2n) is 5.58. The lowest BCUT2D eigenvalue weighted by Crippen LogP contribution is -2.31. The molecule has 0 amide bonds. The van der Waals surface area contributed by atoms with Gasteiger partial charge in [0.05, 0.1) is 5.75 Å². The van der Waals surface area contributed by atoms with Gasteiger partial charge < -0.3 is 5.32 Å². The first-order valence-corrected chi connectivity index (χ1v) is 9.13. The van der Waals surface area contributed by atoms with Crippen molar-refractivity contribution in [2.45, 2.75) is 33.1 Å². The minimum absolute atomic E-state index is 0.268. The summed E-state index contributed by atoms with van der Waals surface area (Å²) in [6.07, 6.45) is 4.26. The molecule has 2 rings (SSSR count). The van der Waals surface area contributed by atoms with Crippen LogP contribution < -0.4 is 5.32 Å². The van der Waals surface area contributed by atoms with Crippen molar-refractivity contribution in [2.75, 3.05) is 30.7 Å². The van der Waals surface area contributed by atoms with E-state index in [-0.39, 0.29) is 5.75 Å². The summed E-state index contributed by atoms with van der Waals surface area (Å²) in [4.78, 5) is 8.44. The summed E-state index contributed by atoms with van der Waals surface area (Å²) in [7, 11) is -3.07. The minimum atomic E-state index is -3.07. The van der Waals surface area contributed by atoms with Gasteiger partial charge in [-0.1, -0.05) is 13.3 Å². The van der Waals surface area contributed by atoms with Crippen LogP contribution in [0.5, 0.6) is 0 Å². The number of sulfonamides is 1. The molecule has 0 bridgehead atoms. The summed E-state index contributed by atoms with van der Waals surface area (Å²) in [5.74, 6) is 1.21. The van der Waals surface area contributed by atoms with E-state index in [2.05, 4.69) is 15.3 Å². The van der Waals surface area contributed by atoms with Crippen molar-refractivity contribution in [3.63, 3.8) is 0 Å². The third-order valence-corrected chi connectivity index (χ3v) is 5.66. The van der Waals surface area contributed by atoms with Gasteiger partial charge in [0.2, 0.25) is 16.0 Å². The predicted molar refractivity (Wildman–Crippen MR) is 83.6 cm³/mol. The van der Waals surface area contributed by atoms with Crippen LogP contribution in [0.2, 0.25) is 0 Å². The summed E-state index contributed by atoms with van der Waals surface area (Å²) in [5, 5.41) is 3.20. The maximum Gasteiger partial charge on any atom is 0.222 e. The number of aromatic nitrogens is 2. The summed E-state index contributed by atoms with van der Waals surface area (Å²) >= 11 is 0. The van der Waals surface area contributed by atoms with Gasteiger partial charge in [0.15, 0.2) is 0 Å². The van der Waals surface area contributed by atoms with Crippen molar-refractivity contribution in [1.29, 1.82) is 0 Å². The number of anilines is 1. The Labute approximate surface area is 127 Å². The van der Waals surface area contributed by atoms with Gasteiger partial charge in [-0.15, -0.1) is 0 Å². The number of aryl methyl sites for hydroxylation is 1. The molecular weight excluding hydrogens is 288 g/mol. The zero-order valence-corrected chi connectivity index (χ0v) is 13.6. The molecule has 1 aromatic rings. The van der Waals surface area contributed by atoms with Crippen LogP contribution in [-0.2, 0) is 10.0 Å². The number of hydrogen-bond donors (Lipinski definition) is 1. The van der Waals surface area contributed by atoms with Crippen molar-refractivity contribution in [2.24, 2.45) is 5.92 Å². The lowest BCUT2D eigenvalue weighted by molar-refractivity contribution is 0.459. The van der Waals surface area contributed by atoms with Gasteiger partial charge >= 0.3 is 0 Å². The fraction of sp³-hybridized carbons (Fsp3) is 0.714. The average molecular weight is 312 g/mol. The third kappa shape index (κ3) is 4.64. The van der Waals surface area contributed by atoms with Crippen LogP contribution in [0.15, 0.2) is 12.3 Å². The second-order valence-corrected chi connectivity index (χ2v) is 7.67. The van der Waals surface area contributed by atoms with Crippen molar-refractivity contribution in [3.05, 3.63) is 18.0 Å². The molecule has 1 atom stereocenters. The third-order valence-electron chi connectivity index (χ3n) is 3.74. The standard InChI is InChI=1S/C14H24N4O2S/c1-3-4-9-21(19,20)18-8-6-13(11-18)10-16-14-15-7-5-12(2)17-14/h5,7,13H,3-4,6,8-11H2,1-2H3,(H,15,16,17). The maximum atomic E-state index is 12.1. The lowest BCUT2D eigenvalue weighted by atomic mass is 10.1. The molecule has 0 radical (unpaired) electrons. The smallest absolute Gasteiger partial charge is 0.222 e. The second kappa shape index (κ2) is 7.17. The number of nitrogens with zero attached hydrogens (tertiary/aromatic N) is 3. The molecule has 1 aromatic heterocycles. The van der Waals surface area contributed by atoms with Gasteiger partial charge in [-0.25, -0.2) is 22.7 Å². The average Bonchev–Trinajstić information content (AvgIpc) is 2.93. The first-order chi connectivity index (χ1) is 10.0. The molecule has 1 N–H and O–H groups in total. The minimum Gasteiger partial charge on any atom is -0.354 e. The van der Waals surface area contributed by atoms with E-state index in [9.17, 15) is 8.42 Å². The molecule has 118 valence electrons. The normalized spacial score (nSPS) is 19.8. The van der Waals surface area contributed by atoms with Gasteiger partial charge in [-0.2, -0.15) is 0 Å². The highest BCUT2D eigenvalue weighted by atomic mass is 32.2. The molecule has 21 heavy (non-hydrogen) atoms.